The number of nitrogens with zero attached hydrogens (tertiary/aromatic N) is 2. The van der Waals surface area contributed by atoms with E-state index in [1.54, 1.807) is 6.92 Å². The van der Waals surface area contributed by atoms with Crippen molar-refractivity contribution in [2.45, 2.75) is 10.7 Å². The molecule has 7 heteroatoms. The zero-order valence-corrected chi connectivity index (χ0v) is 8.66. The lowest BCUT2D eigenvalue weighted by Crippen LogP contribution is -2.30. The second-order valence-corrected chi connectivity index (χ2v) is 4.11. The standard InChI is InChI=1S/C5H9Cl3N4/c1-2-11-4(10)12-3(9)5(6,7)8/h2H2,1H3,(H4,9,10,11,12). The van der Waals surface area contributed by atoms with E-state index in [2.05, 4.69) is 9.98 Å². The molecule has 0 aliphatic heterocycles. The van der Waals surface area contributed by atoms with Crippen molar-refractivity contribution in [3.05, 3.63) is 0 Å². The minimum Gasteiger partial charge on any atom is -0.383 e. The number of alkyl halides is 3. The molecule has 0 rings (SSSR count). The molecular weight excluding hydrogens is 222 g/mol. The lowest BCUT2D eigenvalue weighted by atomic mass is 10.7. The van der Waals surface area contributed by atoms with Gasteiger partial charge in [-0.05, 0) is 6.92 Å². The molecule has 0 spiro atoms. The molecule has 12 heavy (non-hydrogen) atoms. The summed E-state index contributed by atoms with van der Waals surface area (Å²) in [6, 6.07) is 0. The molecule has 0 aromatic rings. The van der Waals surface area contributed by atoms with E-state index in [4.69, 9.17) is 46.3 Å². The number of guanidine groups is 1. The van der Waals surface area contributed by atoms with Gasteiger partial charge in [-0.15, -0.1) is 0 Å². The third-order valence-electron chi connectivity index (χ3n) is 0.846. The second kappa shape index (κ2) is 4.74. The van der Waals surface area contributed by atoms with Crippen LogP contribution in [0.4, 0.5) is 0 Å². The molecule has 0 bridgehead atoms. The largest absolute Gasteiger partial charge is 0.383 e. The first kappa shape index (κ1) is 11.8. The van der Waals surface area contributed by atoms with Gasteiger partial charge in [0.25, 0.3) is 0 Å². The summed E-state index contributed by atoms with van der Waals surface area (Å²) in [7, 11) is 0. The Hall–Kier alpha value is -0.190. The van der Waals surface area contributed by atoms with Crippen molar-refractivity contribution in [2.24, 2.45) is 21.5 Å². The van der Waals surface area contributed by atoms with Crippen LogP contribution in [0.2, 0.25) is 0 Å². The fourth-order valence-electron chi connectivity index (χ4n) is 0.384. The minimum absolute atomic E-state index is 0.00123. The highest BCUT2D eigenvalue weighted by molar-refractivity contribution is 6.76. The average molecular weight is 232 g/mol. The normalized spacial score (nSPS) is 15.0. The van der Waals surface area contributed by atoms with Crippen molar-refractivity contribution in [1.29, 1.82) is 0 Å². The van der Waals surface area contributed by atoms with Gasteiger partial charge in [-0.1, -0.05) is 34.8 Å². The Kier molecular flexibility index (Phi) is 4.67. The highest BCUT2D eigenvalue weighted by Crippen LogP contribution is 2.25. The number of rotatable bonds is 1. The smallest absolute Gasteiger partial charge is 0.247 e. The van der Waals surface area contributed by atoms with Crippen LogP contribution in [0.1, 0.15) is 6.92 Å². The zero-order chi connectivity index (χ0) is 9.78. The van der Waals surface area contributed by atoms with E-state index in [0.717, 1.165) is 0 Å². The first-order valence-electron chi connectivity index (χ1n) is 3.09. The first-order valence-corrected chi connectivity index (χ1v) is 4.22. The number of amidine groups is 1. The van der Waals surface area contributed by atoms with Crippen LogP contribution in [-0.2, 0) is 0 Å². The average Bonchev–Trinajstić information content (AvgIpc) is 1.85. The molecule has 0 atom stereocenters. The zero-order valence-electron chi connectivity index (χ0n) is 6.39. The van der Waals surface area contributed by atoms with Gasteiger partial charge in [-0.2, -0.15) is 4.99 Å². The molecular formula is C5H9Cl3N4. The van der Waals surface area contributed by atoms with Crippen LogP contribution in [-0.4, -0.2) is 22.1 Å². The van der Waals surface area contributed by atoms with Gasteiger partial charge >= 0.3 is 0 Å². The molecule has 0 unspecified atom stereocenters. The van der Waals surface area contributed by atoms with Crippen LogP contribution < -0.4 is 11.5 Å². The Morgan fingerprint density at radius 2 is 1.83 bits per heavy atom. The lowest BCUT2D eigenvalue weighted by molar-refractivity contribution is 1.11. The summed E-state index contributed by atoms with van der Waals surface area (Å²) in [4.78, 5) is 7.29. The van der Waals surface area contributed by atoms with Gasteiger partial charge in [0.05, 0.1) is 0 Å². The van der Waals surface area contributed by atoms with Crippen molar-refractivity contribution in [3.8, 4) is 0 Å². The van der Waals surface area contributed by atoms with E-state index in [1.165, 1.54) is 0 Å². The third kappa shape index (κ3) is 4.64. The van der Waals surface area contributed by atoms with Crippen molar-refractivity contribution < 1.29 is 0 Å². The molecule has 0 heterocycles. The fourth-order valence-corrected chi connectivity index (χ4v) is 0.511. The maximum absolute atomic E-state index is 5.39. The topological polar surface area (TPSA) is 76.8 Å². The SMILES string of the molecule is CCN=C(N)/N=C(\N)C(Cl)(Cl)Cl. The molecule has 4 nitrogen and oxygen atoms in total. The number of hydrogen-bond donors (Lipinski definition) is 2. The Balaban J connectivity index is 4.47. The maximum Gasteiger partial charge on any atom is 0.247 e. The quantitative estimate of drug-likeness (QED) is 0.402. The molecule has 4 N–H and O–H groups in total. The molecule has 0 aliphatic rings. The Morgan fingerprint density at radius 3 is 2.17 bits per heavy atom. The van der Waals surface area contributed by atoms with Gasteiger partial charge in [0, 0.05) is 6.54 Å². The maximum atomic E-state index is 5.39. The summed E-state index contributed by atoms with van der Waals surface area (Å²) in [5, 5.41) is 0. The summed E-state index contributed by atoms with van der Waals surface area (Å²) in [5.74, 6) is -0.191. The van der Waals surface area contributed by atoms with Crippen LogP contribution in [0.5, 0.6) is 0 Å². The summed E-state index contributed by atoms with van der Waals surface area (Å²) in [6.45, 7) is 2.30. The molecule has 0 amide bonds. The molecule has 0 saturated carbocycles. The summed E-state index contributed by atoms with van der Waals surface area (Å²) in [5.41, 5.74) is 10.6. The van der Waals surface area contributed by atoms with Gasteiger partial charge in [0.15, 0.2) is 5.84 Å². The van der Waals surface area contributed by atoms with E-state index in [1.807, 2.05) is 0 Å². The highest BCUT2D eigenvalue weighted by atomic mass is 35.6. The van der Waals surface area contributed by atoms with E-state index in [-0.39, 0.29) is 11.8 Å². The van der Waals surface area contributed by atoms with Crippen molar-refractivity contribution in [1.82, 2.24) is 0 Å². The molecule has 0 saturated heterocycles. The van der Waals surface area contributed by atoms with E-state index in [0.29, 0.717) is 6.54 Å². The van der Waals surface area contributed by atoms with Gasteiger partial charge < -0.3 is 11.5 Å². The van der Waals surface area contributed by atoms with Crippen molar-refractivity contribution in [3.63, 3.8) is 0 Å². The monoisotopic (exact) mass is 230 g/mol. The summed E-state index contributed by atoms with van der Waals surface area (Å²) in [6.07, 6.45) is 0. The molecule has 0 aromatic carbocycles. The number of halogens is 3. The fraction of sp³-hybridized carbons (Fsp3) is 0.600. The number of hydrogen-bond acceptors (Lipinski definition) is 1. The van der Waals surface area contributed by atoms with Gasteiger partial charge in [-0.3, -0.25) is 4.99 Å². The number of nitrogens with two attached hydrogens (primary N) is 2. The van der Waals surface area contributed by atoms with E-state index in [9.17, 15) is 0 Å². The van der Waals surface area contributed by atoms with E-state index >= 15 is 0 Å². The van der Waals surface area contributed by atoms with E-state index < -0.39 is 3.79 Å². The van der Waals surface area contributed by atoms with Crippen LogP contribution in [0.25, 0.3) is 0 Å². The second-order valence-electron chi connectivity index (χ2n) is 1.83. The van der Waals surface area contributed by atoms with Crippen LogP contribution in [0.15, 0.2) is 9.98 Å². The van der Waals surface area contributed by atoms with Crippen molar-refractivity contribution >= 4 is 46.6 Å². The predicted molar refractivity (Wildman–Crippen MR) is 54.1 cm³/mol. The third-order valence-corrected chi connectivity index (χ3v) is 1.43. The van der Waals surface area contributed by atoms with Crippen LogP contribution >= 0.6 is 34.8 Å². The Labute approximate surface area is 85.6 Å². The van der Waals surface area contributed by atoms with Gasteiger partial charge in [0.1, 0.15) is 0 Å². The number of aliphatic imine (C=N–C) groups is 2. The Morgan fingerprint density at radius 1 is 1.33 bits per heavy atom. The molecule has 0 aliphatic carbocycles. The first-order chi connectivity index (χ1) is 5.38. The van der Waals surface area contributed by atoms with Crippen LogP contribution in [0.3, 0.4) is 0 Å². The summed E-state index contributed by atoms with van der Waals surface area (Å²) >= 11 is 16.2. The lowest BCUT2D eigenvalue weighted by Gasteiger charge is -2.08. The molecule has 0 aromatic heterocycles. The minimum atomic E-state index is -1.73. The van der Waals surface area contributed by atoms with Gasteiger partial charge in [0.2, 0.25) is 9.75 Å². The van der Waals surface area contributed by atoms with Crippen LogP contribution in [0, 0.1) is 0 Å². The Bertz CT molecular complexity index is 205. The highest BCUT2D eigenvalue weighted by Gasteiger charge is 2.25. The predicted octanol–water partition coefficient (Wildman–Crippen LogP) is 1.05. The molecule has 70 valence electrons. The molecule has 0 radical (unpaired) electrons. The summed E-state index contributed by atoms with van der Waals surface area (Å²) < 4.78 is -1.73. The molecule has 0 fully saturated rings. The van der Waals surface area contributed by atoms with Gasteiger partial charge in [-0.25, -0.2) is 0 Å². The van der Waals surface area contributed by atoms with Crippen molar-refractivity contribution in [2.75, 3.05) is 6.54 Å².